The van der Waals surface area contributed by atoms with Gasteiger partial charge in [-0.3, -0.25) is 0 Å². The first-order valence-electron chi connectivity index (χ1n) is 11.5. The zero-order valence-electron chi connectivity index (χ0n) is 18.0. The summed E-state index contributed by atoms with van der Waals surface area (Å²) in [7, 11) is 0. The van der Waals surface area contributed by atoms with Gasteiger partial charge in [0.1, 0.15) is 0 Å². The molecule has 0 saturated heterocycles. The second-order valence-corrected chi connectivity index (χ2v) is 9.39. The Kier molecular flexibility index (Phi) is 10.6. The average molecular weight is 337 g/mol. The van der Waals surface area contributed by atoms with Crippen molar-refractivity contribution in [2.24, 2.45) is 29.1 Å². The lowest BCUT2D eigenvalue weighted by Gasteiger charge is -2.49. The summed E-state index contributed by atoms with van der Waals surface area (Å²) in [5, 5.41) is 0. The van der Waals surface area contributed by atoms with Gasteiger partial charge in [0.25, 0.3) is 0 Å². The van der Waals surface area contributed by atoms with Crippen molar-refractivity contribution in [2.75, 3.05) is 0 Å². The molecule has 24 heavy (non-hydrogen) atoms. The molecule has 1 saturated carbocycles. The van der Waals surface area contributed by atoms with Gasteiger partial charge in [-0.15, -0.1) is 0 Å². The van der Waals surface area contributed by atoms with Gasteiger partial charge in [-0.1, -0.05) is 99.3 Å². The van der Waals surface area contributed by atoms with Gasteiger partial charge < -0.3 is 0 Å². The lowest BCUT2D eigenvalue weighted by Crippen LogP contribution is -2.38. The molecule has 0 aliphatic heterocycles. The molecule has 0 aromatic carbocycles. The van der Waals surface area contributed by atoms with Crippen molar-refractivity contribution in [1.82, 2.24) is 0 Å². The van der Waals surface area contributed by atoms with E-state index in [1.165, 1.54) is 83.5 Å². The molecule has 0 amide bonds. The SMILES string of the molecule is CCCCC(CC)CC1(CC(CC)CCCC)CC(C)CCC1C. The monoisotopic (exact) mass is 336 g/mol. The molecule has 1 fully saturated rings. The lowest BCUT2D eigenvalue weighted by molar-refractivity contribution is 0.0162. The Balaban J connectivity index is 2.88. The number of rotatable bonds is 12. The van der Waals surface area contributed by atoms with Crippen LogP contribution in [0.3, 0.4) is 0 Å². The summed E-state index contributed by atoms with van der Waals surface area (Å²) in [4.78, 5) is 0. The van der Waals surface area contributed by atoms with Crippen LogP contribution in [0, 0.1) is 29.1 Å². The smallest absolute Gasteiger partial charge is 0.0264 e. The molecule has 0 bridgehead atoms. The van der Waals surface area contributed by atoms with E-state index in [1.54, 1.807) is 0 Å². The van der Waals surface area contributed by atoms with Gasteiger partial charge in [0.2, 0.25) is 0 Å². The van der Waals surface area contributed by atoms with Gasteiger partial charge in [0, 0.05) is 0 Å². The van der Waals surface area contributed by atoms with Gasteiger partial charge >= 0.3 is 0 Å². The molecule has 0 nitrogen and oxygen atoms in total. The highest BCUT2D eigenvalue weighted by molar-refractivity contribution is 4.93. The first kappa shape index (κ1) is 22.0. The minimum Gasteiger partial charge on any atom is -0.0654 e. The predicted octanol–water partition coefficient (Wildman–Crippen LogP) is 8.64. The van der Waals surface area contributed by atoms with Crippen molar-refractivity contribution in [3.05, 3.63) is 0 Å². The Labute approximate surface area is 154 Å². The van der Waals surface area contributed by atoms with Crippen LogP contribution < -0.4 is 0 Å². The second-order valence-electron chi connectivity index (χ2n) is 9.39. The standard InChI is InChI=1S/C24H48/c1-7-11-13-22(9-3)18-24(17-20(5)15-16-21(24)6)19-23(10-4)14-12-8-2/h20-23H,7-19H2,1-6H3. The van der Waals surface area contributed by atoms with Crippen LogP contribution in [0.25, 0.3) is 0 Å². The van der Waals surface area contributed by atoms with E-state index in [0.717, 1.165) is 23.7 Å². The summed E-state index contributed by atoms with van der Waals surface area (Å²) >= 11 is 0. The molecule has 0 N–H and O–H groups in total. The van der Waals surface area contributed by atoms with Crippen LogP contribution in [-0.4, -0.2) is 0 Å². The zero-order chi connectivity index (χ0) is 18.0. The van der Waals surface area contributed by atoms with Crippen LogP contribution in [0.2, 0.25) is 0 Å². The summed E-state index contributed by atoms with van der Waals surface area (Å²) in [5.41, 5.74) is 0.653. The average Bonchev–Trinajstić information content (AvgIpc) is 2.58. The van der Waals surface area contributed by atoms with Crippen molar-refractivity contribution in [1.29, 1.82) is 0 Å². The highest BCUT2D eigenvalue weighted by Gasteiger charge is 2.42. The van der Waals surface area contributed by atoms with Gasteiger partial charge in [-0.2, -0.15) is 0 Å². The fourth-order valence-corrected chi connectivity index (χ4v) is 5.53. The highest BCUT2D eigenvalue weighted by Crippen LogP contribution is 2.53. The fourth-order valence-electron chi connectivity index (χ4n) is 5.53. The van der Waals surface area contributed by atoms with Gasteiger partial charge in [-0.25, -0.2) is 0 Å². The van der Waals surface area contributed by atoms with Crippen LogP contribution in [0.4, 0.5) is 0 Å². The predicted molar refractivity (Wildman–Crippen MR) is 110 cm³/mol. The van der Waals surface area contributed by atoms with Crippen molar-refractivity contribution in [3.8, 4) is 0 Å². The summed E-state index contributed by atoms with van der Waals surface area (Å²) in [5.74, 6) is 3.84. The maximum absolute atomic E-state index is 2.60. The van der Waals surface area contributed by atoms with Crippen molar-refractivity contribution in [2.45, 2.75) is 125 Å². The fraction of sp³-hybridized carbons (Fsp3) is 1.00. The highest BCUT2D eigenvalue weighted by atomic mass is 14.5. The first-order valence-corrected chi connectivity index (χ1v) is 11.5. The third-order valence-electron chi connectivity index (χ3n) is 7.37. The summed E-state index contributed by atoms with van der Waals surface area (Å²) in [6, 6.07) is 0. The molecular formula is C24H48. The van der Waals surface area contributed by atoms with E-state index in [2.05, 4.69) is 41.5 Å². The Morgan fingerprint density at radius 2 is 1.29 bits per heavy atom. The molecule has 0 radical (unpaired) electrons. The van der Waals surface area contributed by atoms with Crippen LogP contribution in [-0.2, 0) is 0 Å². The van der Waals surface area contributed by atoms with E-state index in [4.69, 9.17) is 0 Å². The second kappa shape index (κ2) is 11.6. The maximum atomic E-state index is 2.60. The van der Waals surface area contributed by atoms with Crippen molar-refractivity contribution in [3.63, 3.8) is 0 Å². The molecule has 0 aromatic heterocycles. The van der Waals surface area contributed by atoms with Crippen molar-refractivity contribution < 1.29 is 0 Å². The molecule has 0 heteroatoms. The van der Waals surface area contributed by atoms with E-state index in [-0.39, 0.29) is 0 Å². The maximum Gasteiger partial charge on any atom is -0.0264 e. The van der Waals surface area contributed by atoms with Gasteiger partial charge in [0.15, 0.2) is 0 Å². The Morgan fingerprint density at radius 3 is 1.71 bits per heavy atom. The molecule has 144 valence electrons. The molecule has 1 aliphatic carbocycles. The minimum absolute atomic E-state index is 0.653. The quantitative estimate of drug-likeness (QED) is 0.334. The molecule has 0 aromatic rings. The topological polar surface area (TPSA) is 0 Å². The third kappa shape index (κ3) is 6.72. The normalized spacial score (nSPS) is 30.2. The summed E-state index contributed by atoms with van der Waals surface area (Å²) in [6.45, 7) is 14.7. The van der Waals surface area contributed by atoms with Crippen molar-refractivity contribution >= 4 is 0 Å². The Hall–Kier alpha value is 0. The van der Waals surface area contributed by atoms with E-state index >= 15 is 0 Å². The summed E-state index contributed by atoms with van der Waals surface area (Å²) in [6.07, 6.45) is 18.9. The van der Waals surface area contributed by atoms with Crippen LogP contribution >= 0.6 is 0 Å². The van der Waals surface area contributed by atoms with Crippen LogP contribution in [0.15, 0.2) is 0 Å². The zero-order valence-corrected chi connectivity index (χ0v) is 18.0. The molecular weight excluding hydrogens is 288 g/mol. The molecule has 1 aliphatic rings. The van der Waals surface area contributed by atoms with E-state index in [1.807, 2.05) is 0 Å². The minimum atomic E-state index is 0.653. The lowest BCUT2D eigenvalue weighted by atomic mass is 9.56. The van der Waals surface area contributed by atoms with Gasteiger partial charge in [-0.05, 0) is 54.8 Å². The van der Waals surface area contributed by atoms with Crippen LogP contribution in [0.5, 0.6) is 0 Å². The largest absolute Gasteiger partial charge is 0.0654 e. The molecule has 4 atom stereocenters. The first-order chi connectivity index (χ1) is 11.5. The third-order valence-corrected chi connectivity index (χ3v) is 7.37. The van der Waals surface area contributed by atoms with E-state index in [0.29, 0.717) is 5.41 Å². The summed E-state index contributed by atoms with van der Waals surface area (Å²) < 4.78 is 0. The molecule has 1 rings (SSSR count). The Bertz CT molecular complexity index is 287. The van der Waals surface area contributed by atoms with Gasteiger partial charge in [0.05, 0.1) is 0 Å². The van der Waals surface area contributed by atoms with E-state index in [9.17, 15) is 0 Å². The Morgan fingerprint density at radius 1 is 0.792 bits per heavy atom. The number of unbranched alkanes of at least 4 members (excludes halogenated alkanes) is 2. The molecule has 0 spiro atoms. The van der Waals surface area contributed by atoms with E-state index < -0.39 is 0 Å². The van der Waals surface area contributed by atoms with Crippen LogP contribution in [0.1, 0.15) is 125 Å². The number of hydrogen-bond acceptors (Lipinski definition) is 0. The molecule has 4 unspecified atom stereocenters. The number of hydrogen-bond donors (Lipinski definition) is 0. The molecule has 0 heterocycles.